The monoisotopic (exact) mass is 399 g/mol. The molecule has 9 heteroatoms. The lowest BCUT2D eigenvalue weighted by atomic mass is 9.96. The molecule has 2 N–H and O–H groups in total. The van der Waals surface area contributed by atoms with Crippen molar-refractivity contribution in [1.82, 2.24) is 14.5 Å². The van der Waals surface area contributed by atoms with Crippen molar-refractivity contribution in [2.75, 3.05) is 37.0 Å². The maximum atomic E-state index is 12.4. The van der Waals surface area contributed by atoms with Crippen molar-refractivity contribution >= 4 is 17.7 Å². The van der Waals surface area contributed by atoms with E-state index >= 15 is 0 Å². The van der Waals surface area contributed by atoms with Crippen LogP contribution < -0.4 is 15.4 Å². The van der Waals surface area contributed by atoms with Crippen molar-refractivity contribution in [3.05, 3.63) is 38.9 Å². The van der Waals surface area contributed by atoms with Crippen molar-refractivity contribution in [1.29, 1.82) is 0 Å². The smallest absolute Gasteiger partial charge is 0.341 e. The van der Waals surface area contributed by atoms with Gasteiger partial charge < -0.3 is 24.6 Å². The van der Waals surface area contributed by atoms with E-state index in [1.165, 1.54) is 4.57 Å². The summed E-state index contributed by atoms with van der Waals surface area (Å²) < 4.78 is 1.46. The molecule has 2 aliphatic rings. The number of carboxylic acids is 1. The third-order valence-electron chi connectivity index (χ3n) is 5.67. The van der Waals surface area contributed by atoms with Gasteiger partial charge in [0.1, 0.15) is 17.1 Å². The van der Waals surface area contributed by atoms with Gasteiger partial charge in [0, 0.05) is 57.5 Å². The number of carbonyl (C=O) groups is 1. The number of hydrogen-bond donors (Lipinski definition) is 2. The standard InChI is InChI=1S/C20H25N5O4/c1-23(2)20-21-13-6-4-3-5-12(13)18(22-20)24-8-7-14-17(19(28)29)15(26)11-16(27)25(14)10-9-24/h11,26H,3-10H2,1-2H3,(H,28,29). The zero-order valence-corrected chi connectivity index (χ0v) is 16.7. The van der Waals surface area contributed by atoms with Crippen molar-refractivity contribution < 1.29 is 15.0 Å². The van der Waals surface area contributed by atoms with Crippen molar-refractivity contribution in [3.8, 4) is 5.75 Å². The average Bonchev–Trinajstić information content (AvgIpc) is 2.90. The van der Waals surface area contributed by atoms with Crippen molar-refractivity contribution in [2.24, 2.45) is 0 Å². The molecule has 154 valence electrons. The van der Waals surface area contributed by atoms with Gasteiger partial charge in [0.25, 0.3) is 5.56 Å². The molecule has 0 aromatic carbocycles. The zero-order chi connectivity index (χ0) is 20.7. The molecular weight excluding hydrogens is 374 g/mol. The van der Waals surface area contributed by atoms with Crippen molar-refractivity contribution in [3.63, 3.8) is 0 Å². The maximum Gasteiger partial charge on any atom is 0.341 e. The van der Waals surface area contributed by atoms with Gasteiger partial charge in [-0.1, -0.05) is 0 Å². The van der Waals surface area contributed by atoms with Crippen LogP contribution in [0.4, 0.5) is 11.8 Å². The SMILES string of the molecule is CN(C)c1nc2c(c(N3CCc4c(C(=O)O)c(O)cc(=O)n4CC3)n1)CCCC2. The van der Waals surface area contributed by atoms with Crippen LogP contribution in [0.15, 0.2) is 10.9 Å². The number of carboxylic acid groups (broad SMARTS) is 1. The summed E-state index contributed by atoms with van der Waals surface area (Å²) in [5.74, 6) is -0.172. The van der Waals surface area contributed by atoms with E-state index in [9.17, 15) is 19.8 Å². The fourth-order valence-electron chi connectivity index (χ4n) is 4.23. The number of aryl methyl sites for hydroxylation is 1. The number of rotatable bonds is 3. The van der Waals surface area contributed by atoms with Gasteiger partial charge in [-0.2, -0.15) is 4.98 Å². The molecule has 0 saturated heterocycles. The summed E-state index contributed by atoms with van der Waals surface area (Å²) in [5, 5.41) is 19.5. The minimum atomic E-state index is -1.23. The molecule has 4 rings (SSSR count). The molecule has 0 radical (unpaired) electrons. The molecule has 0 fully saturated rings. The molecule has 0 bridgehead atoms. The first-order valence-electron chi connectivity index (χ1n) is 9.88. The Hall–Kier alpha value is -3.10. The first kappa shape index (κ1) is 19.2. The van der Waals surface area contributed by atoms with Crippen LogP contribution >= 0.6 is 0 Å². The van der Waals surface area contributed by atoms with E-state index in [0.717, 1.165) is 48.8 Å². The summed E-state index contributed by atoms with van der Waals surface area (Å²) >= 11 is 0. The quantitative estimate of drug-likeness (QED) is 0.788. The Balaban J connectivity index is 1.75. The van der Waals surface area contributed by atoms with Gasteiger partial charge in [0.15, 0.2) is 0 Å². The Kier molecular flexibility index (Phi) is 4.89. The molecule has 9 nitrogen and oxygen atoms in total. The van der Waals surface area contributed by atoms with Crippen LogP contribution in [-0.2, 0) is 25.8 Å². The van der Waals surface area contributed by atoms with E-state index in [1.54, 1.807) is 0 Å². The van der Waals surface area contributed by atoms with Gasteiger partial charge in [-0.15, -0.1) is 0 Å². The summed E-state index contributed by atoms with van der Waals surface area (Å²) in [6.07, 6.45) is 4.38. The number of fused-ring (bicyclic) bond motifs is 2. The average molecular weight is 399 g/mol. The molecule has 3 heterocycles. The van der Waals surface area contributed by atoms with E-state index in [2.05, 4.69) is 4.90 Å². The van der Waals surface area contributed by atoms with Gasteiger partial charge in [0.05, 0.1) is 5.69 Å². The van der Waals surface area contributed by atoms with Crippen LogP contribution in [0.25, 0.3) is 0 Å². The maximum absolute atomic E-state index is 12.4. The summed E-state index contributed by atoms with van der Waals surface area (Å²) in [6, 6.07) is 0.985. The Morgan fingerprint density at radius 3 is 2.59 bits per heavy atom. The molecule has 0 atom stereocenters. The number of pyridine rings is 1. The number of aromatic carboxylic acids is 1. The van der Waals surface area contributed by atoms with Crippen LogP contribution in [0.5, 0.6) is 5.75 Å². The Morgan fingerprint density at radius 1 is 1.10 bits per heavy atom. The number of anilines is 2. The van der Waals surface area contributed by atoms with Crippen LogP contribution in [0.3, 0.4) is 0 Å². The molecule has 2 aromatic rings. The fraction of sp³-hybridized carbons (Fsp3) is 0.500. The topological polar surface area (TPSA) is 112 Å². The summed E-state index contributed by atoms with van der Waals surface area (Å²) in [6.45, 7) is 1.39. The van der Waals surface area contributed by atoms with E-state index < -0.39 is 11.7 Å². The van der Waals surface area contributed by atoms with Gasteiger partial charge in [-0.25, -0.2) is 9.78 Å². The normalized spacial score (nSPS) is 16.0. The number of nitrogens with zero attached hydrogens (tertiary/aromatic N) is 5. The summed E-state index contributed by atoms with van der Waals surface area (Å²) in [7, 11) is 3.82. The van der Waals surface area contributed by atoms with E-state index in [-0.39, 0.29) is 11.1 Å². The molecule has 29 heavy (non-hydrogen) atoms. The largest absolute Gasteiger partial charge is 0.507 e. The lowest BCUT2D eigenvalue weighted by Crippen LogP contribution is -2.31. The lowest BCUT2D eigenvalue weighted by Gasteiger charge is -2.28. The van der Waals surface area contributed by atoms with Gasteiger partial charge in [0.2, 0.25) is 5.95 Å². The van der Waals surface area contributed by atoms with Crippen LogP contribution in [0.1, 0.15) is 40.2 Å². The van der Waals surface area contributed by atoms with Crippen LogP contribution in [-0.4, -0.2) is 57.9 Å². The molecule has 0 amide bonds. The van der Waals surface area contributed by atoms with Crippen molar-refractivity contribution in [2.45, 2.75) is 38.6 Å². The minimum Gasteiger partial charge on any atom is -0.507 e. The van der Waals surface area contributed by atoms with E-state index in [0.29, 0.717) is 37.7 Å². The Bertz CT molecular complexity index is 1030. The predicted molar refractivity (Wildman–Crippen MR) is 108 cm³/mol. The molecule has 0 saturated carbocycles. The highest BCUT2D eigenvalue weighted by Gasteiger charge is 2.27. The van der Waals surface area contributed by atoms with E-state index in [4.69, 9.17) is 9.97 Å². The Labute approximate surface area is 168 Å². The molecule has 0 spiro atoms. The first-order chi connectivity index (χ1) is 13.9. The zero-order valence-electron chi connectivity index (χ0n) is 16.7. The lowest BCUT2D eigenvalue weighted by molar-refractivity contribution is 0.0691. The third-order valence-corrected chi connectivity index (χ3v) is 5.67. The molecule has 0 unspecified atom stereocenters. The fourth-order valence-corrected chi connectivity index (χ4v) is 4.23. The molecule has 1 aliphatic carbocycles. The summed E-state index contributed by atoms with van der Waals surface area (Å²) in [5.41, 5.74) is 2.02. The second-order valence-electron chi connectivity index (χ2n) is 7.76. The third kappa shape index (κ3) is 3.41. The van der Waals surface area contributed by atoms with Crippen LogP contribution in [0, 0.1) is 0 Å². The predicted octanol–water partition coefficient (Wildman–Crippen LogP) is 1.05. The number of aromatic hydroxyl groups is 1. The van der Waals surface area contributed by atoms with Gasteiger partial charge in [-0.3, -0.25) is 4.79 Å². The molecule has 2 aromatic heterocycles. The molecule has 1 aliphatic heterocycles. The minimum absolute atomic E-state index is 0.190. The van der Waals surface area contributed by atoms with Crippen LogP contribution in [0.2, 0.25) is 0 Å². The summed E-state index contributed by atoms with van der Waals surface area (Å²) in [4.78, 5) is 37.6. The number of hydrogen-bond acceptors (Lipinski definition) is 7. The van der Waals surface area contributed by atoms with Gasteiger partial charge >= 0.3 is 5.97 Å². The first-order valence-corrected chi connectivity index (χ1v) is 9.88. The molecular formula is C20H25N5O4. The van der Waals surface area contributed by atoms with E-state index in [1.807, 2.05) is 19.0 Å². The highest BCUT2D eigenvalue weighted by atomic mass is 16.4. The Morgan fingerprint density at radius 2 is 1.86 bits per heavy atom. The number of aromatic nitrogens is 3. The second kappa shape index (κ2) is 7.38. The highest BCUT2D eigenvalue weighted by molar-refractivity contribution is 5.92. The highest BCUT2D eigenvalue weighted by Crippen LogP contribution is 2.31. The second-order valence-corrected chi connectivity index (χ2v) is 7.76. The van der Waals surface area contributed by atoms with Gasteiger partial charge in [-0.05, 0) is 25.7 Å².